The fraction of sp³-hybridized carbons (Fsp3) is 1.00. The first-order chi connectivity index (χ1) is 6.59. The van der Waals surface area contributed by atoms with Crippen LogP contribution in [0.25, 0.3) is 0 Å². The van der Waals surface area contributed by atoms with Crippen LogP contribution in [-0.4, -0.2) is 18.8 Å². The summed E-state index contributed by atoms with van der Waals surface area (Å²) in [5.41, 5.74) is 6.10. The summed E-state index contributed by atoms with van der Waals surface area (Å²) in [6.07, 6.45) is 5.30. The monoisotopic (exact) mass is 199 g/mol. The van der Waals surface area contributed by atoms with E-state index >= 15 is 0 Å². The van der Waals surface area contributed by atoms with E-state index in [-0.39, 0.29) is 0 Å². The van der Waals surface area contributed by atoms with Crippen molar-refractivity contribution in [3.63, 3.8) is 0 Å². The molecule has 84 valence electrons. The molecule has 0 amide bonds. The largest absolute Gasteiger partial charge is 0.379 e. The molecular weight excluding hydrogens is 174 g/mol. The van der Waals surface area contributed by atoms with Crippen molar-refractivity contribution in [1.29, 1.82) is 0 Å². The molecule has 0 radical (unpaired) electrons. The predicted molar refractivity (Wildman–Crippen MR) is 60.2 cm³/mol. The van der Waals surface area contributed by atoms with Crippen LogP contribution in [-0.2, 0) is 4.74 Å². The molecule has 1 aliphatic rings. The molecule has 0 spiro atoms. The minimum atomic E-state index is 0.354. The average Bonchev–Trinajstić information content (AvgIpc) is 2.10. The highest BCUT2D eigenvalue weighted by molar-refractivity contribution is 4.80. The zero-order valence-corrected chi connectivity index (χ0v) is 9.83. The third kappa shape index (κ3) is 3.97. The lowest BCUT2D eigenvalue weighted by molar-refractivity contribution is 0.0592. The Morgan fingerprint density at radius 3 is 2.71 bits per heavy atom. The summed E-state index contributed by atoms with van der Waals surface area (Å²) in [5, 5.41) is 0. The van der Waals surface area contributed by atoms with Gasteiger partial charge in [-0.05, 0) is 51.4 Å². The number of hydrogen-bond donors (Lipinski definition) is 1. The lowest BCUT2D eigenvalue weighted by atomic mass is 9.78. The second-order valence-corrected chi connectivity index (χ2v) is 5.05. The van der Waals surface area contributed by atoms with Crippen molar-refractivity contribution in [2.45, 2.75) is 58.6 Å². The molecule has 2 N–H and O–H groups in total. The van der Waals surface area contributed by atoms with E-state index in [9.17, 15) is 0 Å². The minimum Gasteiger partial charge on any atom is -0.379 e. The van der Waals surface area contributed by atoms with Gasteiger partial charge in [0, 0.05) is 12.6 Å². The molecule has 0 heterocycles. The Kier molecular flexibility index (Phi) is 4.90. The van der Waals surface area contributed by atoms with Gasteiger partial charge in [-0.25, -0.2) is 0 Å². The summed E-state index contributed by atoms with van der Waals surface area (Å²) < 4.78 is 5.57. The zero-order valence-electron chi connectivity index (χ0n) is 9.83. The van der Waals surface area contributed by atoms with Gasteiger partial charge in [0.2, 0.25) is 0 Å². The first-order valence-corrected chi connectivity index (χ1v) is 5.96. The van der Waals surface area contributed by atoms with Crippen LogP contribution in [0.2, 0.25) is 0 Å². The molecule has 14 heavy (non-hydrogen) atoms. The summed E-state index contributed by atoms with van der Waals surface area (Å²) >= 11 is 0. The van der Waals surface area contributed by atoms with Gasteiger partial charge < -0.3 is 10.5 Å². The molecule has 0 aromatic carbocycles. The van der Waals surface area contributed by atoms with Gasteiger partial charge in [0.25, 0.3) is 0 Å². The van der Waals surface area contributed by atoms with E-state index in [0.717, 1.165) is 18.9 Å². The maximum Gasteiger partial charge on any atom is 0.0518 e. The Labute approximate surface area is 88.2 Å². The number of nitrogens with two attached hydrogens (primary N) is 1. The second kappa shape index (κ2) is 5.72. The summed E-state index contributed by atoms with van der Waals surface area (Å²) in [4.78, 5) is 0. The van der Waals surface area contributed by atoms with Gasteiger partial charge in [0.05, 0.1) is 6.10 Å². The fourth-order valence-corrected chi connectivity index (χ4v) is 2.31. The lowest BCUT2D eigenvalue weighted by Crippen LogP contribution is -2.36. The van der Waals surface area contributed by atoms with Gasteiger partial charge in [-0.15, -0.1) is 0 Å². The van der Waals surface area contributed by atoms with Crippen molar-refractivity contribution in [1.82, 2.24) is 0 Å². The van der Waals surface area contributed by atoms with Crippen molar-refractivity contribution in [2.24, 2.45) is 17.6 Å². The molecule has 2 heteroatoms. The van der Waals surface area contributed by atoms with Gasteiger partial charge in [0.15, 0.2) is 0 Å². The Balaban J connectivity index is 2.20. The van der Waals surface area contributed by atoms with Gasteiger partial charge >= 0.3 is 0 Å². The molecule has 2 nitrogen and oxygen atoms in total. The highest BCUT2D eigenvalue weighted by atomic mass is 16.5. The molecule has 3 atom stereocenters. The normalized spacial score (nSPS) is 33.6. The van der Waals surface area contributed by atoms with E-state index in [0.29, 0.717) is 18.1 Å². The SMILES string of the molecule is CC1CCC(N)C(CCOC(C)C)C1. The van der Waals surface area contributed by atoms with Gasteiger partial charge in [0.1, 0.15) is 0 Å². The smallest absolute Gasteiger partial charge is 0.0518 e. The van der Waals surface area contributed by atoms with E-state index in [1.165, 1.54) is 19.3 Å². The zero-order chi connectivity index (χ0) is 10.6. The standard InChI is InChI=1S/C12H25NO/c1-9(2)14-7-6-11-8-10(3)4-5-12(11)13/h9-12H,4-8,13H2,1-3H3. The van der Waals surface area contributed by atoms with Crippen LogP contribution in [0.1, 0.15) is 46.5 Å². The first kappa shape index (κ1) is 12.0. The first-order valence-electron chi connectivity index (χ1n) is 5.96. The van der Waals surface area contributed by atoms with Gasteiger partial charge in [-0.3, -0.25) is 0 Å². The molecule has 1 rings (SSSR count). The third-order valence-electron chi connectivity index (χ3n) is 3.24. The Hall–Kier alpha value is -0.0800. The van der Waals surface area contributed by atoms with E-state index in [1.54, 1.807) is 0 Å². The predicted octanol–water partition coefficient (Wildman–Crippen LogP) is 2.57. The second-order valence-electron chi connectivity index (χ2n) is 5.05. The van der Waals surface area contributed by atoms with Crippen molar-refractivity contribution in [2.75, 3.05) is 6.61 Å². The molecule has 0 aliphatic heterocycles. The lowest BCUT2D eigenvalue weighted by Gasteiger charge is -2.32. The Morgan fingerprint density at radius 2 is 2.07 bits per heavy atom. The molecule has 0 aromatic heterocycles. The van der Waals surface area contributed by atoms with E-state index in [4.69, 9.17) is 10.5 Å². The number of hydrogen-bond acceptors (Lipinski definition) is 2. The van der Waals surface area contributed by atoms with E-state index < -0.39 is 0 Å². The van der Waals surface area contributed by atoms with Crippen molar-refractivity contribution in [3.8, 4) is 0 Å². The van der Waals surface area contributed by atoms with Crippen LogP contribution in [0, 0.1) is 11.8 Å². The maximum absolute atomic E-state index is 6.10. The third-order valence-corrected chi connectivity index (χ3v) is 3.24. The van der Waals surface area contributed by atoms with Crippen LogP contribution in [0.15, 0.2) is 0 Å². The van der Waals surface area contributed by atoms with Crippen LogP contribution in [0.3, 0.4) is 0 Å². The van der Waals surface area contributed by atoms with Crippen molar-refractivity contribution < 1.29 is 4.74 Å². The molecule has 0 bridgehead atoms. The molecular formula is C12H25NO. The summed E-state index contributed by atoms with van der Waals surface area (Å²) in [6.45, 7) is 7.39. The fourth-order valence-electron chi connectivity index (χ4n) is 2.31. The van der Waals surface area contributed by atoms with Gasteiger partial charge in [-0.1, -0.05) is 6.92 Å². The minimum absolute atomic E-state index is 0.354. The van der Waals surface area contributed by atoms with Crippen molar-refractivity contribution in [3.05, 3.63) is 0 Å². The molecule has 0 saturated heterocycles. The quantitative estimate of drug-likeness (QED) is 0.755. The van der Waals surface area contributed by atoms with Gasteiger partial charge in [-0.2, -0.15) is 0 Å². The molecule has 1 fully saturated rings. The van der Waals surface area contributed by atoms with Crippen LogP contribution < -0.4 is 5.73 Å². The highest BCUT2D eigenvalue weighted by Gasteiger charge is 2.25. The number of ether oxygens (including phenoxy) is 1. The topological polar surface area (TPSA) is 35.2 Å². The van der Waals surface area contributed by atoms with Crippen molar-refractivity contribution >= 4 is 0 Å². The molecule has 0 aromatic rings. The number of rotatable bonds is 4. The van der Waals surface area contributed by atoms with Crippen LogP contribution in [0.4, 0.5) is 0 Å². The maximum atomic E-state index is 6.10. The highest BCUT2D eigenvalue weighted by Crippen LogP contribution is 2.29. The van der Waals surface area contributed by atoms with E-state index in [1.807, 2.05) is 0 Å². The molecule has 3 unspecified atom stereocenters. The van der Waals surface area contributed by atoms with Crippen LogP contribution >= 0.6 is 0 Å². The summed E-state index contributed by atoms with van der Waals surface area (Å²) in [7, 11) is 0. The average molecular weight is 199 g/mol. The summed E-state index contributed by atoms with van der Waals surface area (Å²) in [6, 6.07) is 0.418. The van der Waals surface area contributed by atoms with E-state index in [2.05, 4.69) is 20.8 Å². The Morgan fingerprint density at radius 1 is 1.36 bits per heavy atom. The summed E-state index contributed by atoms with van der Waals surface area (Å²) in [5.74, 6) is 1.55. The Bertz CT molecular complexity index is 158. The molecule has 1 aliphatic carbocycles. The molecule has 1 saturated carbocycles. The van der Waals surface area contributed by atoms with Crippen LogP contribution in [0.5, 0.6) is 0 Å².